The van der Waals surface area contributed by atoms with Crippen molar-refractivity contribution >= 4 is 23.8 Å². The predicted octanol–water partition coefficient (Wildman–Crippen LogP) is 1.87. The summed E-state index contributed by atoms with van der Waals surface area (Å²) in [4.78, 5) is 27.3. The molecule has 0 aromatic heterocycles. The van der Waals surface area contributed by atoms with Gasteiger partial charge in [0.15, 0.2) is 0 Å². The molecule has 1 unspecified atom stereocenters. The Morgan fingerprint density at radius 2 is 2.16 bits per heavy atom. The number of hydrogen-bond acceptors (Lipinski definition) is 3. The molecule has 0 aromatic carbocycles. The van der Waals surface area contributed by atoms with Gasteiger partial charge in [-0.3, -0.25) is 0 Å². The van der Waals surface area contributed by atoms with Crippen molar-refractivity contribution in [3.8, 4) is 0 Å². The average molecular weight is 286 g/mol. The van der Waals surface area contributed by atoms with Crippen molar-refractivity contribution in [1.82, 2.24) is 9.80 Å². The molecule has 2 aliphatic rings. The summed E-state index contributed by atoms with van der Waals surface area (Å²) in [5.41, 5.74) is 0. The summed E-state index contributed by atoms with van der Waals surface area (Å²) in [6, 6.07) is -0.374. The zero-order chi connectivity index (χ0) is 13.8. The summed E-state index contributed by atoms with van der Waals surface area (Å²) >= 11 is 1.61. The Labute approximate surface area is 118 Å². The summed E-state index contributed by atoms with van der Waals surface area (Å²) in [6.45, 7) is 3.42. The van der Waals surface area contributed by atoms with Crippen LogP contribution in [-0.2, 0) is 4.79 Å². The molecule has 0 aromatic rings. The number of aliphatic carboxylic acids is 1. The van der Waals surface area contributed by atoms with Crippen molar-refractivity contribution in [3.63, 3.8) is 0 Å². The van der Waals surface area contributed by atoms with E-state index >= 15 is 0 Å². The molecule has 19 heavy (non-hydrogen) atoms. The van der Waals surface area contributed by atoms with E-state index in [9.17, 15) is 14.7 Å². The first-order chi connectivity index (χ1) is 9.15. The van der Waals surface area contributed by atoms with Gasteiger partial charge in [-0.25, -0.2) is 9.59 Å². The standard InChI is InChI=1S/C13H22N2O3S/c1-2-3-6-14(10-4-5-10)13(18)15-7-8-19-9-11(15)12(16)17/h10-11H,2-9H2,1H3,(H,16,17). The van der Waals surface area contributed by atoms with Gasteiger partial charge in [-0.15, -0.1) is 0 Å². The first-order valence-corrected chi connectivity index (χ1v) is 8.18. The molecule has 2 fully saturated rings. The molecule has 5 nitrogen and oxygen atoms in total. The minimum Gasteiger partial charge on any atom is -0.480 e. The molecule has 1 saturated heterocycles. The smallest absolute Gasteiger partial charge is 0.327 e. The number of urea groups is 1. The number of carbonyl (C=O) groups is 2. The Morgan fingerprint density at radius 3 is 2.74 bits per heavy atom. The van der Waals surface area contributed by atoms with Crippen LogP contribution in [-0.4, -0.2) is 63.6 Å². The maximum Gasteiger partial charge on any atom is 0.327 e. The van der Waals surface area contributed by atoms with E-state index in [0.717, 1.165) is 38.0 Å². The van der Waals surface area contributed by atoms with Crippen LogP contribution in [0, 0.1) is 0 Å². The second kappa shape index (κ2) is 6.50. The largest absolute Gasteiger partial charge is 0.480 e. The fraction of sp³-hybridized carbons (Fsp3) is 0.846. The lowest BCUT2D eigenvalue weighted by atomic mass is 10.2. The van der Waals surface area contributed by atoms with E-state index < -0.39 is 12.0 Å². The Balaban J connectivity index is 2.03. The molecule has 2 amide bonds. The zero-order valence-electron chi connectivity index (χ0n) is 11.4. The van der Waals surface area contributed by atoms with E-state index in [1.807, 2.05) is 4.90 Å². The van der Waals surface area contributed by atoms with Crippen LogP contribution in [0.5, 0.6) is 0 Å². The molecule has 2 rings (SSSR count). The Kier molecular flexibility index (Phi) is 4.96. The highest BCUT2D eigenvalue weighted by Gasteiger charge is 2.39. The van der Waals surface area contributed by atoms with Crippen LogP contribution >= 0.6 is 11.8 Å². The maximum atomic E-state index is 12.6. The minimum absolute atomic E-state index is 0.0661. The monoisotopic (exact) mass is 286 g/mol. The molecule has 1 aliphatic heterocycles. The lowest BCUT2D eigenvalue weighted by Gasteiger charge is -2.37. The molecular formula is C13H22N2O3S. The SMILES string of the molecule is CCCCN(C(=O)N1CCSCC1C(=O)O)C1CC1. The Morgan fingerprint density at radius 1 is 1.42 bits per heavy atom. The van der Waals surface area contributed by atoms with Crippen LogP contribution in [0.25, 0.3) is 0 Å². The number of unbranched alkanes of at least 4 members (excludes halogenated alkanes) is 1. The zero-order valence-corrected chi connectivity index (χ0v) is 12.2. The van der Waals surface area contributed by atoms with Gasteiger partial charge in [0.2, 0.25) is 0 Å². The number of carbonyl (C=O) groups excluding carboxylic acids is 1. The van der Waals surface area contributed by atoms with E-state index in [1.165, 1.54) is 0 Å². The highest BCUT2D eigenvalue weighted by atomic mass is 32.2. The van der Waals surface area contributed by atoms with Crippen LogP contribution < -0.4 is 0 Å². The van der Waals surface area contributed by atoms with E-state index in [-0.39, 0.29) is 6.03 Å². The Bertz CT molecular complexity index is 347. The molecule has 1 N–H and O–H groups in total. The van der Waals surface area contributed by atoms with Crippen LogP contribution in [0.2, 0.25) is 0 Å². The van der Waals surface area contributed by atoms with Crippen LogP contribution in [0.3, 0.4) is 0 Å². The van der Waals surface area contributed by atoms with Gasteiger partial charge in [0.25, 0.3) is 0 Å². The number of carboxylic acid groups (broad SMARTS) is 1. The van der Waals surface area contributed by atoms with Gasteiger partial charge in [-0.05, 0) is 19.3 Å². The summed E-state index contributed by atoms with van der Waals surface area (Å²) < 4.78 is 0. The quantitative estimate of drug-likeness (QED) is 0.838. The second-order valence-electron chi connectivity index (χ2n) is 5.18. The Hall–Kier alpha value is -0.910. The predicted molar refractivity (Wildman–Crippen MR) is 75.5 cm³/mol. The van der Waals surface area contributed by atoms with Gasteiger partial charge >= 0.3 is 12.0 Å². The normalized spacial score (nSPS) is 23.2. The van der Waals surface area contributed by atoms with Crippen LogP contribution in [0.1, 0.15) is 32.6 Å². The van der Waals surface area contributed by atoms with E-state index in [0.29, 0.717) is 18.3 Å². The highest BCUT2D eigenvalue weighted by molar-refractivity contribution is 7.99. The highest BCUT2D eigenvalue weighted by Crippen LogP contribution is 2.29. The van der Waals surface area contributed by atoms with Crippen LogP contribution in [0.4, 0.5) is 4.79 Å². The van der Waals surface area contributed by atoms with Crippen molar-refractivity contribution in [1.29, 1.82) is 0 Å². The molecule has 1 saturated carbocycles. The summed E-state index contributed by atoms with van der Waals surface area (Å²) in [5.74, 6) is 0.460. The van der Waals surface area contributed by atoms with Gasteiger partial charge in [0, 0.05) is 30.6 Å². The van der Waals surface area contributed by atoms with Crippen LogP contribution in [0.15, 0.2) is 0 Å². The molecular weight excluding hydrogens is 264 g/mol. The molecule has 1 heterocycles. The topological polar surface area (TPSA) is 60.9 Å². The van der Waals surface area contributed by atoms with E-state index in [1.54, 1.807) is 16.7 Å². The lowest BCUT2D eigenvalue weighted by Crippen LogP contribution is -2.55. The van der Waals surface area contributed by atoms with E-state index in [4.69, 9.17) is 0 Å². The lowest BCUT2D eigenvalue weighted by molar-refractivity contribution is -0.141. The van der Waals surface area contributed by atoms with E-state index in [2.05, 4.69) is 6.92 Å². The number of amides is 2. The molecule has 1 atom stereocenters. The average Bonchev–Trinajstić information content (AvgIpc) is 3.23. The molecule has 108 valence electrons. The number of rotatable bonds is 5. The molecule has 0 radical (unpaired) electrons. The number of carboxylic acids is 1. The third-order valence-electron chi connectivity index (χ3n) is 3.65. The van der Waals surface area contributed by atoms with Crippen molar-refractivity contribution in [3.05, 3.63) is 0 Å². The molecule has 0 spiro atoms. The first kappa shape index (κ1) is 14.5. The summed E-state index contributed by atoms with van der Waals surface area (Å²) in [7, 11) is 0. The van der Waals surface area contributed by atoms with Gasteiger partial charge in [-0.1, -0.05) is 13.3 Å². The van der Waals surface area contributed by atoms with Crippen molar-refractivity contribution in [2.75, 3.05) is 24.6 Å². The molecule has 6 heteroatoms. The van der Waals surface area contributed by atoms with Gasteiger partial charge in [-0.2, -0.15) is 11.8 Å². The minimum atomic E-state index is -0.883. The summed E-state index contributed by atoms with van der Waals surface area (Å²) in [5, 5.41) is 9.24. The summed E-state index contributed by atoms with van der Waals surface area (Å²) in [6.07, 6.45) is 4.17. The first-order valence-electron chi connectivity index (χ1n) is 7.03. The number of nitrogens with zero attached hydrogens (tertiary/aromatic N) is 2. The van der Waals surface area contributed by atoms with Gasteiger partial charge in [0.1, 0.15) is 6.04 Å². The fourth-order valence-electron chi connectivity index (χ4n) is 2.35. The molecule has 0 bridgehead atoms. The number of thioether (sulfide) groups is 1. The van der Waals surface area contributed by atoms with Crippen molar-refractivity contribution in [2.45, 2.75) is 44.7 Å². The van der Waals surface area contributed by atoms with Gasteiger partial charge in [0.05, 0.1) is 0 Å². The maximum absolute atomic E-state index is 12.6. The van der Waals surface area contributed by atoms with Crippen molar-refractivity contribution < 1.29 is 14.7 Å². The van der Waals surface area contributed by atoms with Crippen molar-refractivity contribution in [2.24, 2.45) is 0 Å². The fourth-order valence-corrected chi connectivity index (χ4v) is 3.39. The molecule has 1 aliphatic carbocycles. The third kappa shape index (κ3) is 3.55. The number of hydrogen-bond donors (Lipinski definition) is 1. The second-order valence-corrected chi connectivity index (χ2v) is 6.33. The third-order valence-corrected chi connectivity index (χ3v) is 4.67. The van der Waals surface area contributed by atoms with Gasteiger partial charge < -0.3 is 14.9 Å².